The number of nitrogens with zero attached hydrogens (tertiary/aromatic N) is 1. The highest BCUT2D eigenvalue weighted by Gasteiger charge is 2.41. The number of aromatic nitrogens is 1. The van der Waals surface area contributed by atoms with Gasteiger partial charge in [-0.1, -0.05) is 12.0 Å². The van der Waals surface area contributed by atoms with E-state index in [1.807, 2.05) is 6.07 Å². The third-order valence-electron chi connectivity index (χ3n) is 5.36. The van der Waals surface area contributed by atoms with Crippen molar-refractivity contribution in [2.75, 3.05) is 13.2 Å². The van der Waals surface area contributed by atoms with E-state index in [4.69, 9.17) is 9.47 Å². The Labute approximate surface area is 214 Å². The van der Waals surface area contributed by atoms with E-state index in [2.05, 4.69) is 21.6 Å². The van der Waals surface area contributed by atoms with Gasteiger partial charge in [0.05, 0.1) is 23.4 Å². The van der Waals surface area contributed by atoms with Crippen molar-refractivity contribution in [3.8, 4) is 17.6 Å². The van der Waals surface area contributed by atoms with Gasteiger partial charge in [0.1, 0.15) is 22.9 Å². The van der Waals surface area contributed by atoms with E-state index in [0.29, 0.717) is 35.9 Å². The minimum Gasteiger partial charge on any atom is -0.429 e. The topological polar surface area (TPSA) is 40.6 Å². The molecule has 2 heterocycles. The van der Waals surface area contributed by atoms with Crippen LogP contribution in [0.2, 0.25) is 0 Å². The second-order valence-corrected chi connectivity index (χ2v) is 9.09. The first-order chi connectivity index (χ1) is 18.1. The maximum absolute atomic E-state index is 14.5. The van der Waals surface area contributed by atoms with Crippen molar-refractivity contribution in [3.63, 3.8) is 0 Å². The number of benzene rings is 3. The Morgan fingerprint density at radius 3 is 2.18 bits per heavy atom. The molecule has 5 rings (SSSR count). The number of fused-ring (bicyclic) bond motifs is 1. The molecule has 38 heavy (non-hydrogen) atoms. The van der Waals surface area contributed by atoms with Gasteiger partial charge in [0.2, 0.25) is 0 Å². The van der Waals surface area contributed by atoms with E-state index in [1.165, 1.54) is 11.3 Å². The fraction of sp³-hybridized carbons (Fsp3) is 0.192. The summed E-state index contributed by atoms with van der Waals surface area (Å²) in [6.45, 7) is 1.16. The van der Waals surface area contributed by atoms with E-state index in [0.717, 1.165) is 16.7 Å². The molecule has 1 aliphatic rings. The van der Waals surface area contributed by atoms with Gasteiger partial charge < -0.3 is 14.2 Å². The van der Waals surface area contributed by atoms with Gasteiger partial charge in [-0.15, -0.1) is 11.3 Å². The monoisotopic (exact) mass is 553 g/mol. The standard InChI is InChI=1S/C26H14F7NO3S/c27-16-8-13(9-17(28)23(16)26(32,33)37-15-11-18(29)24(31)19(30)12-15)2-5-22-34-20-4-3-14(10-21(20)38-22)25-35-6-1-7-36-25/h3-4,8-12,25H,1,6-7H2. The average molecular weight is 553 g/mol. The number of halogens is 7. The summed E-state index contributed by atoms with van der Waals surface area (Å²) < 4.78 is 114. The molecule has 0 N–H and O–H groups in total. The Bertz CT molecular complexity index is 1540. The molecule has 0 saturated carbocycles. The predicted molar refractivity (Wildman–Crippen MR) is 122 cm³/mol. The zero-order valence-corrected chi connectivity index (χ0v) is 19.8. The minimum absolute atomic E-state index is 0.123. The Morgan fingerprint density at radius 2 is 1.53 bits per heavy atom. The van der Waals surface area contributed by atoms with Crippen LogP contribution in [0.5, 0.6) is 5.75 Å². The quantitative estimate of drug-likeness (QED) is 0.156. The summed E-state index contributed by atoms with van der Waals surface area (Å²) in [6.07, 6.45) is -4.37. The van der Waals surface area contributed by atoms with Crippen LogP contribution in [0.4, 0.5) is 30.7 Å². The lowest BCUT2D eigenvalue weighted by Gasteiger charge is -2.23. The highest BCUT2D eigenvalue weighted by molar-refractivity contribution is 7.19. The molecular weight excluding hydrogens is 539 g/mol. The maximum atomic E-state index is 14.5. The van der Waals surface area contributed by atoms with Crippen molar-refractivity contribution in [3.05, 3.63) is 93.2 Å². The summed E-state index contributed by atoms with van der Waals surface area (Å²) in [5, 5.41) is 0.307. The number of alkyl halides is 2. The van der Waals surface area contributed by atoms with E-state index < -0.39 is 52.8 Å². The predicted octanol–water partition coefficient (Wildman–Crippen LogP) is 6.96. The molecule has 0 atom stereocenters. The van der Waals surface area contributed by atoms with E-state index in [9.17, 15) is 30.7 Å². The Balaban J connectivity index is 1.38. The number of rotatable bonds is 4. The highest BCUT2D eigenvalue weighted by atomic mass is 32.1. The lowest BCUT2D eigenvalue weighted by atomic mass is 10.1. The Hall–Kier alpha value is -3.66. The summed E-state index contributed by atoms with van der Waals surface area (Å²) >= 11 is 1.20. The van der Waals surface area contributed by atoms with Crippen LogP contribution in [-0.4, -0.2) is 18.2 Å². The molecule has 12 heteroatoms. The number of thiazole rings is 1. The highest BCUT2D eigenvalue weighted by Crippen LogP contribution is 2.36. The van der Waals surface area contributed by atoms with Crippen molar-refractivity contribution in [2.45, 2.75) is 18.8 Å². The molecule has 196 valence electrons. The first-order valence-corrected chi connectivity index (χ1v) is 11.8. The third-order valence-corrected chi connectivity index (χ3v) is 6.30. The molecule has 0 bridgehead atoms. The van der Waals surface area contributed by atoms with Crippen LogP contribution in [0.25, 0.3) is 10.2 Å². The molecular formula is C26H14F7NO3S. The fourth-order valence-corrected chi connectivity index (χ4v) is 4.53. The lowest BCUT2D eigenvalue weighted by molar-refractivity contribution is -0.189. The SMILES string of the molecule is Fc1cc(OC(F)(F)c2c(F)cc(C#Cc3nc4ccc(C5OCCCO5)cc4s3)cc2F)cc(F)c1F. The smallest absolute Gasteiger partial charge is 0.429 e. The average Bonchev–Trinajstić information content (AvgIpc) is 3.28. The van der Waals surface area contributed by atoms with Gasteiger partial charge in [0.25, 0.3) is 0 Å². The van der Waals surface area contributed by atoms with Crippen LogP contribution >= 0.6 is 11.3 Å². The van der Waals surface area contributed by atoms with E-state index in [-0.39, 0.29) is 17.7 Å². The molecule has 4 nitrogen and oxygen atoms in total. The van der Waals surface area contributed by atoms with Gasteiger partial charge >= 0.3 is 6.11 Å². The summed E-state index contributed by atoms with van der Waals surface area (Å²) in [6, 6.07) is 6.74. The molecule has 1 aromatic heterocycles. The Kier molecular flexibility index (Phi) is 7.00. The molecule has 0 unspecified atom stereocenters. The molecule has 0 aliphatic carbocycles. The van der Waals surface area contributed by atoms with Crippen molar-refractivity contribution >= 4 is 21.6 Å². The van der Waals surface area contributed by atoms with Crippen LogP contribution in [0.15, 0.2) is 42.5 Å². The van der Waals surface area contributed by atoms with Crippen LogP contribution in [0.3, 0.4) is 0 Å². The summed E-state index contributed by atoms with van der Waals surface area (Å²) in [5.41, 5.74) is -0.665. The summed E-state index contributed by atoms with van der Waals surface area (Å²) in [4.78, 5) is 4.33. The van der Waals surface area contributed by atoms with Crippen LogP contribution in [-0.2, 0) is 15.6 Å². The van der Waals surface area contributed by atoms with Gasteiger partial charge in [-0.25, -0.2) is 26.9 Å². The van der Waals surface area contributed by atoms with Crippen LogP contribution < -0.4 is 4.74 Å². The van der Waals surface area contributed by atoms with Gasteiger partial charge in [-0.05, 0) is 36.6 Å². The normalized spacial score (nSPS) is 14.4. The van der Waals surface area contributed by atoms with Crippen molar-refractivity contribution < 1.29 is 44.9 Å². The first-order valence-electron chi connectivity index (χ1n) is 11.0. The summed E-state index contributed by atoms with van der Waals surface area (Å²) in [7, 11) is 0. The van der Waals surface area contributed by atoms with Crippen LogP contribution in [0, 0.1) is 40.9 Å². The minimum atomic E-state index is -4.69. The largest absolute Gasteiger partial charge is 0.432 e. The van der Waals surface area contributed by atoms with E-state index in [1.54, 1.807) is 12.1 Å². The number of hydrogen-bond acceptors (Lipinski definition) is 5. The van der Waals surface area contributed by atoms with Gasteiger partial charge in [0, 0.05) is 23.3 Å². The van der Waals surface area contributed by atoms with Crippen LogP contribution in [0.1, 0.15) is 34.4 Å². The molecule has 4 aromatic rings. The van der Waals surface area contributed by atoms with Gasteiger partial charge in [-0.3, -0.25) is 0 Å². The number of ether oxygens (including phenoxy) is 3. The first kappa shape index (κ1) is 26.0. The maximum Gasteiger partial charge on any atom is 0.432 e. The number of hydrogen-bond donors (Lipinski definition) is 0. The van der Waals surface area contributed by atoms with E-state index >= 15 is 0 Å². The lowest BCUT2D eigenvalue weighted by Crippen LogP contribution is -2.25. The molecule has 1 aliphatic heterocycles. The second-order valence-electron chi connectivity index (χ2n) is 8.06. The van der Waals surface area contributed by atoms with Crippen molar-refractivity contribution in [2.24, 2.45) is 0 Å². The fourth-order valence-electron chi connectivity index (χ4n) is 3.66. The molecule has 0 spiro atoms. The van der Waals surface area contributed by atoms with Crippen molar-refractivity contribution in [1.82, 2.24) is 4.98 Å². The van der Waals surface area contributed by atoms with Crippen molar-refractivity contribution in [1.29, 1.82) is 0 Å². The van der Waals surface area contributed by atoms with Gasteiger partial charge in [0.15, 0.2) is 28.7 Å². The second kappa shape index (κ2) is 10.2. The summed E-state index contributed by atoms with van der Waals surface area (Å²) in [5.74, 6) is -5.04. The zero-order chi connectivity index (χ0) is 27.0. The zero-order valence-electron chi connectivity index (χ0n) is 19.0. The van der Waals surface area contributed by atoms with Gasteiger partial charge in [-0.2, -0.15) is 8.78 Å². The molecule has 1 saturated heterocycles. The third kappa shape index (κ3) is 5.31. The molecule has 1 fully saturated rings. The molecule has 0 radical (unpaired) electrons. The molecule has 0 amide bonds. The Morgan fingerprint density at radius 1 is 0.868 bits per heavy atom. The molecule has 3 aromatic carbocycles.